The number of hydrogen-bond acceptors (Lipinski definition) is 6. The summed E-state index contributed by atoms with van der Waals surface area (Å²) < 4.78 is 6.81. The maximum absolute atomic E-state index is 13.2. The highest BCUT2D eigenvalue weighted by Gasteiger charge is 2.24. The van der Waals surface area contributed by atoms with Gasteiger partial charge < -0.3 is 20.3 Å². The molecule has 2 atom stereocenters. The summed E-state index contributed by atoms with van der Waals surface area (Å²) in [5.41, 5.74) is 1.64. The maximum Gasteiger partial charge on any atom is 0.335 e. The van der Waals surface area contributed by atoms with Crippen LogP contribution in [-0.4, -0.2) is 39.5 Å². The molecule has 0 unspecified atom stereocenters. The van der Waals surface area contributed by atoms with E-state index in [1.807, 2.05) is 31.2 Å². The predicted octanol–water partition coefficient (Wildman–Crippen LogP) is 3.03. The lowest BCUT2D eigenvalue weighted by Gasteiger charge is -2.26. The van der Waals surface area contributed by atoms with Gasteiger partial charge in [0.2, 0.25) is 0 Å². The Bertz CT molecular complexity index is 1140. The van der Waals surface area contributed by atoms with Crippen LogP contribution in [0.2, 0.25) is 0 Å². The first-order valence-electron chi connectivity index (χ1n) is 9.79. The molecule has 1 heterocycles. The highest BCUT2D eigenvalue weighted by molar-refractivity contribution is 5.88. The Morgan fingerprint density at radius 2 is 2.00 bits per heavy atom. The van der Waals surface area contributed by atoms with Crippen molar-refractivity contribution in [2.24, 2.45) is 5.92 Å². The number of aromatic nitrogens is 2. The zero-order valence-electron chi connectivity index (χ0n) is 17.6. The van der Waals surface area contributed by atoms with Gasteiger partial charge in [-0.2, -0.15) is 0 Å². The summed E-state index contributed by atoms with van der Waals surface area (Å²) >= 11 is 0. The lowest BCUT2D eigenvalue weighted by Crippen LogP contribution is -2.29. The lowest BCUT2D eigenvalue weighted by atomic mass is 9.94. The second-order valence-electron chi connectivity index (χ2n) is 7.28. The van der Waals surface area contributed by atoms with Crippen LogP contribution >= 0.6 is 0 Å². The van der Waals surface area contributed by atoms with Crippen molar-refractivity contribution in [1.29, 1.82) is 0 Å². The monoisotopic (exact) mass is 423 g/mol. The van der Waals surface area contributed by atoms with Gasteiger partial charge in [0.05, 0.1) is 24.4 Å². The summed E-state index contributed by atoms with van der Waals surface area (Å²) in [6.07, 6.45) is 2.97. The van der Waals surface area contributed by atoms with Gasteiger partial charge in [-0.3, -0.25) is 9.36 Å². The Morgan fingerprint density at radius 3 is 2.68 bits per heavy atom. The van der Waals surface area contributed by atoms with Gasteiger partial charge in [0.15, 0.2) is 5.82 Å². The maximum atomic E-state index is 13.2. The van der Waals surface area contributed by atoms with E-state index in [0.29, 0.717) is 11.4 Å². The normalized spacial score (nSPS) is 12.8. The Hall–Kier alpha value is -3.65. The van der Waals surface area contributed by atoms with Crippen LogP contribution in [0.5, 0.6) is 5.75 Å². The molecule has 0 aliphatic heterocycles. The molecule has 0 spiro atoms. The number of aryl methyl sites for hydroxylation is 1. The number of carbonyl (C=O) groups is 1. The van der Waals surface area contributed by atoms with E-state index in [1.165, 1.54) is 29.1 Å². The van der Waals surface area contributed by atoms with E-state index in [2.05, 4.69) is 10.3 Å². The molecule has 1 aromatic heterocycles. The van der Waals surface area contributed by atoms with Gasteiger partial charge in [0, 0.05) is 30.5 Å². The van der Waals surface area contributed by atoms with Crippen molar-refractivity contribution in [1.82, 2.24) is 9.55 Å². The molecule has 2 aromatic carbocycles. The number of nitrogens with zero attached hydrogens (tertiary/aromatic N) is 2. The van der Waals surface area contributed by atoms with Crippen molar-refractivity contribution < 1.29 is 19.7 Å². The van der Waals surface area contributed by atoms with Crippen LogP contribution in [0.1, 0.15) is 34.5 Å². The number of carboxylic acids is 1. The molecular weight excluding hydrogens is 398 g/mol. The molecule has 0 bridgehead atoms. The number of rotatable bonds is 8. The van der Waals surface area contributed by atoms with E-state index in [9.17, 15) is 19.8 Å². The van der Waals surface area contributed by atoms with Gasteiger partial charge in [-0.25, -0.2) is 9.78 Å². The third-order valence-electron chi connectivity index (χ3n) is 5.18. The number of nitrogens with one attached hydrogen (secondary N) is 1. The van der Waals surface area contributed by atoms with E-state index in [0.717, 1.165) is 11.1 Å². The summed E-state index contributed by atoms with van der Waals surface area (Å²) in [6.45, 7) is 3.54. The van der Waals surface area contributed by atoms with Crippen LogP contribution in [0.25, 0.3) is 5.69 Å². The zero-order valence-corrected chi connectivity index (χ0v) is 17.6. The molecule has 8 nitrogen and oxygen atoms in total. The van der Waals surface area contributed by atoms with Crippen molar-refractivity contribution in [3.8, 4) is 11.4 Å². The molecule has 0 saturated carbocycles. The van der Waals surface area contributed by atoms with Crippen LogP contribution in [0.15, 0.2) is 59.7 Å². The van der Waals surface area contributed by atoms with Gasteiger partial charge in [-0.05, 0) is 30.7 Å². The van der Waals surface area contributed by atoms with Crippen LogP contribution in [0, 0.1) is 12.8 Å². The minimum atomic E-state index is -1.07. The van der Waals surface area contributed by atoms with Crippen molar-refractivity contribution >= 4 is 11.8 Å². The van der Waals surface area contributed by atoms with E-state index in [1.54, 1.807) is 20.1 Å². The van der Waals surface area contributed by atoms with E-state index in [-0.39, 0.29) is 23.9 Å². The number of carboxylic acid groups (broad SMARTS) is 1. The van der Waals surface area contributed by atoms with Crippen LogP contribution in [0.3, 0.4) is 0 Å². The molecule has 0 aliphatic rings. The number of ether oxygens (including phenoxy) is 1. The quantitative estimate of drug-likeness (QED) is 0.510. The number of hydrogen-bond donors (Lipinski definition) is 3. The van der Waals surface area contributed by atoms with Gasteiger partial charge in [0.1, 0.15) is 5.75 Å². The third kappa shape index (κ3) is 4.59. The fourth-order valence-electron chi connectivity index (χ4n) is 3.40. The minimum Gasteiger partial charge on any atom is -0.496 e. The SMILES string of the molecule is COc1ccccc1[C@H](Nc1nccn(-c2cc(C(=O)O)ccc2C)c1=O)[C@@H](C)CO. The van der Waals surface area contributed by atoms with Crippen LogP contribution in [-0.2, 0) is 0 Å². The Kier molecular flexibility index (Phi) is 6.71. The molecule has 3 aromatic rings. The molecule has 3 rings (SSSR count). The largest absolute Gasteiger partial charge is 0.496 e. The van der Waals surface area contributed by atoms with E-state index >= 15 is 0 Å². The highest BCUT2D eigenvalue weighted by atomic mass is 16.5. The number of benzene rings is 2. The number of aromatic carboxylic acids is 1. The van der Waals surface area contributed by atoms with Crippen molar-refractivity contribution in [2.45, 2.75) is 19.9 Å². The number of methoxy groups -OCH3 is 1. The van der Waals surface area contributed by atoms with Crippen LogP contribution < -0.4 is 15.6 Å². The molecule has 0 amide bonds. The molecular formula is C23H25N3O5. The molecule has 3 N–H and O–H groups in total. The predicted molar refractivity (Wildman–Crippen MR) is 117 cm³/mol. The first kappa shape index (κ1) is 22.0. The van der Waals surface area contributed by atoms with Gasteiger partial charge in [-0.15, -0.1) is 0 Å². The summed E-state index contributed by atoms with van der Waals surface area (Å²) in [5, 5.41) is 22.2. The Labute approximate surface area is 179 Å². The fraction of sp³-hybridized carbons (Fsp3) is 0.261. The molecule has 0 fully saturated rings. The number of aliphatic hydroxyl groups excluding tert-OH is 1. The summed E-state index contributed by atoms with van der Waals surface area (Å²) in [5.74, 6) is -0.613. The number of aliphatic hydroxyl groups is 1. The van der Waals surface area contributed by atoms with E-state index < -0.39 is 17.6 Å². The van der Waals surface area contributed by atoms with E-state index in [4.69, 9.17) is 4.74 Å². The molecule has 31 heavy (non-hydrogen) atoms. The molecule has 162 valence electrons. The van der Waals surface area contributed by atoms with Gasteiger partial charge >= 0.3 is 5.97 Å². The highest BCUT2D eigenvalue weighted by Crippen LogP contribution is 2.32. The average Bonchev–Trinajstić information content (AvgIpc) is 2.78. The van der Waals surface area contributed by atoms with Crippen molar-refractivity contribution in [3.63, 3.8) is 0 Å². The Morgan fingerprint density at radius 1 is 1.26 bits per heavy atom. The standard InChI is InChI=1S/C23H25N3O5/c1-14-8-9-16(23(29)30)12-18(14)26-11-10-24-21(22(26)28)25-20(15(2)13-27)17-6-4-5-7-19(17)31-3/h4-12,15,20,27H,13H2,1-3H3,(H,24,25)(H,29,30)/t15-,20+/m0/s1. The third-order valence-corrected chi connectivity index (χ3v) is 5.18. The first-order valence-corrected chi connectivity index (χ1v) is 9.79. The summed E-state index contributed by atoms with van der Waals surface area (Å²) in [6, 6.07) is 11.5. The number of para-hydroxylation sites is 1. The topological polar surface area (TPSA) is 114 Å². The number of anilines is 1. The van der Waals surface area contributed by atoms with Crippen molar-refractivity contribution in [3.05, 3.63) is 81.9 Å². The lowest BCUT2D eigenvalue weighted by molar-refractivity contribution is 0.0697. The smallest absolute Gasteiger partial charge is 0.335 e. The van der Waals surface area contributed by atoms with Gasteiger partial charge in [-0.1, -0.05) is 31.2 Å². The second-order valence-corrected chi connectivity index (χ2v) is 7.28. The minimum absolute atomic E-state index is 0.0823. The Balaban J connectivity index is 2.07. The first-order chi connectivity index (χ1) is 14.9. The van der Waals surface area contributed by atoms with Gasteiger partial charge in [0.25, 0.3) is 5.56 Å². The molecule has 0 radical (unpaired) electrons. The van der Waals surface area contributed by atoms with Crippen molar-refractivity contribution in [2.75, 3.05) is 19.0 Å². The van der Waals surface area contributed by atoms with Crippen LogP contribution in [0.4, 0.5) is 5.82 Å². The second kappa shape index (κ2) is 9.44. The molecule has 0 aliphatic carbocycles. The fourth-order valence-corrected chi connectivity index (χ4v) is 3.40. The summed E-state index contributed by atoms with van der Waals surface area (Å²) in [7, 11) is 1.56. The summed E-state index contributed by atoms with van der Waals surface area (Å²) in [4.78, 5) is 28.8. The molecule has 0 saturated heterocycles. The average molecular weight is 423 g/mol. The zero-order chi connectivity index (χ0) is 22.5. The molecule has 8 heteroatoms.